The highest BCUT2D eigenvalue weighted by molar-refractivity contribution is 5.90. The fourth-order valence-corrected chi connectivity index (χ4v) is 2.24. The van der Waals surface area contributed by atoms with Crippen LogP contribution in [0.1, 0.15) is 30.3 Å². The molecule has 0 spiro atoms. The average molecular weight is 275 g/mol. The van der Waals surface area contributed by atoms with Crippen molar-refractivity contribution in [3.8, 4) is 0 Å². The molecule has 2 rings (SSSR count). The Morgan fingerprint density at radius 1 is 1.40 bits per heavy atom. The van der Waals surface area contributed by atoms with Crippen LogP contribution in [0.2, 0.25) is 0 Å². The number of hydrogen-bond acceptors (Lipinski definition) is 3. The second-order valence-corrected chi connectivity index (χ2v) is 4.91. The lowest BCUT2D eigenvalue weighted by Gasteiger charge is -2.03. The summed E-state index contributed by atoms with van der Waals surface area (Å²) in [6, 6.07) is 0. The molecule has 20 heavy (non-hydrogen) atoms. The van der Waals surface area contributed by atoms with Crippen molar-refractivity contribution in [1.29, 1.82) is 0 Å². The number of amides is 1. The molecule has 0 aliphatic rings. The summed E-state index contributed by atoms with van der Waals surface area (Å²) in [4.78, 5) is 11.9. The second-order valence-electron chi connectivity index (χ2n) is 4.91. The van der Waals surface area contributed by atoms with E-state index in [0.29, 0.717) is 12.8 Å². The summed E-state index contributed by atoms with van der Waals surface area (Å²) in [6.45, 7) is 6.81. The Hall–Kier alpha value is -2.11. The number of aryl methyl sites for hydroxylation is 3. The van der Waals surface area contributed by atoms with Crippen molar-refractivity contribution in [3.63, 3.8) is 0 Å². The molecule has 2 aromatic heterocycles. The number of hydrogen-bond donors (Lipinski definition) is 1. The van der Waals surface area contributed by atoms with Crippen LogP contribution in [0.5, 0.6) is 0 Å². The number of nitrogens with zero attached hydrogens (tertiary/aromatic N) is 4. The molecular weight excluding hydrogens is 254 g/mol. The molecular formula is C14H21N5O. The molecule has 1 amide bonds. The van der Waals surface area contributed by atoms with E-state index in [0.717, 1.165) is 29.2 Å². The Morgan fingerprint density at radius 3 is 2.70 bits per heavy atom. The van der Waals surface area contributed by atoms with Gasteiger partial charge in [0.25, 0.3) is 0 Å². The third-order valence-corrected chi connectivity index (χ3v) is 3.50. The Labute approximate surface area is 118 Å². The summed E-state index contributed by atoms with van der Waals surface area (Å²) in [5.74, 6) is 0.00306. The van der Waals surface area contributed by atoms with Crippen molar-refractivity contribution in [2.24, 2.45) is 7.05 Å². The van der Waals surface area contributed by atoms with Gasteiger partial charge in [-0.1, -0.05) is 0 Å². The van der Waals surface area contributed by atoms with Crippen LogP contribution in [-0.4, -0.2) is 25.5 Å². The van der Waals surface area contributed by atoms with Gasteiger partial charge in [0.1, 0.15) is 0 Å². The number of aromatic nitrogens is 4. The number of carbonyl (C=O) groups is 1. The predicted octanol–water partition coefficient (Wildman–Crippen LogP) is 1.82. The summed E-state index contributed by atoms with van der Waals surface area (Å²) in [5, 5.41) is 11.3. The molecule has 0 aliphatic carbocycles. The molecule has 0 unspecified atom stereocenters. The van der Waals surface area contributed by atoms with Gasteiger partial charge in [-0.2, -0.15) is 10.2 Å². The van der Waals surface area contributed by atoms with Crippen LogP contribution in [0.15, 0.2) is 12.4 Å². The molecule has 0 radical (unpaired) electrons. The summed E-state index contributed by atoms with van der Waals surface area (Å²) < 4.78 is 3.64. The first-order chi connectivity index (χ1) is 9.51. The minimum absolute atomic E-state index is 0.00306. The van der Waals surface area contributed by atoms with Crippen molar-refractivity contribution in [1.82, 2.24) is 19.6 Å². The van der Waals surface area contributed by atoms with Crippen molar-refractivity contribution in [2.45, 2.75) is 40.2 Å². The van der Waals surface area contributed by atoms with Crippen LogP contribution in [0, 0.1) is 13.8 Å². The summed E-state index contributed by atoms with van der Waals surface area (Å²) >= 11 is 0. The van der Waals surface area contributed by atoms with Gasteiger partial charge in [-0.15, -0.1) is 0 Å². The Balaban J connectivity index is 1.92. The van der Waals surface area contributed by atoms with Crippen molar-refractivity contribution in [2.75, 3.05) is 5.32 Å². The highest BCUT2D eigenvalue weighted by atomic mass is 16.1. The predicted molar refractivity (Wildman–Crippen MR) is 77.5 cm³/mol. The van der Waals surface area contributed by atoms with Crippen molar-refractivity contribution in [3.05, 3.63) is 29.3 Å². The van der Waals surface area contributed by atoms with Crippen molar-refractivity contribution >= 4 is 11.6 Å². The van der Waals surface area contributed by atoms with E-state index in [1.807, 2.05) is 38.7 Å². The van der Waals surface area contributed by atoms with E-state index in [2.05, 4.69) is 15.5 Å². The van der Waals surface area contributed by atoms with Crippen molar-refractivity contribution < 1.29 is 4.79 Å². The van der Waals surface area contributed by atoms with E-state index >= 15 is 0 Å². The average Bonchev–Trinajstić information content (AvgIpc) is 2.94. The molecule has 0 saturated heterocycles. The largest absolute Gasteiger partial charge is 0.323 e. The van der Waals surface area contributed by atoms with E-state index in [9.17, 15) is 4.79 Å². The first-order valence-electron chi connectivity index (χ1n) is 6.82. The van der Waals surface area contributed by atoms with Gasteiger partial charge in [0, 0.05) is 31.9 Å². The maximum Gasteiger partial charge on any atom is 0.224 e. The van der Waals surface area contributed by atoms with Crippen LogP contribution in [0.3, 0.4) is 0 Å². The molecule has 2 heterocycles. The maximum absolute atomic E-state index is 11.9. The summed E-state index contributed by atoms with van der Waals surface area (Å²) in [5.41, 5.74) is 4.02. The Morgan fingerprint density at radius 2 is 2.15 bits per heavy atom. The van der Waals surface area contributed by atoms with E-state index in [-0.39, 0.29) is 5.91 Å². The van der Waals surface area contributed by atoms with Crippen LogP contribution in [-0.2, 0) is 24.8 Å². The first kappa shape index (κ1) is 14.3. The van der Waals surface area contributed by atoms with Gasteiger partial charge in [0.05, 0.1) is 17.6 Å². The summed E-state index contributed by atoms with van der Waals surface area (Å²) in [6.07, 6.45) is 4.66. The van der Waals surface area contributed by atoms with E-state index in [1.165, 1.54) is 0 Å². The Kier molecular flexibility index (Phi) is 4.22. The molecule has 0 saturated carbocycles. The van der Waals surface area contributed by atoms with Crippen LogP contribution >= 0.6 is 0 Å². The normalized spacial score (nSPS) is 10.8. The second kappa shape index (κ2) is 5.90. The van der Waals surface area contributed by atoms with Gasteiger partial charge in [0.2, 0.25) is 5.91 Å². The van der Waals surface area contributed by atoms with Gasteiger partial charge in [-0.25, -0.2) is 0 Å². The monoisotopic (exact) mass is 275 g/mol. The smallest absolute Gasteiger partial charge is 0.224 e. The van der Waals surface area contributed by atoms with Gasteiger partial charge in [-0.05, 0) is 32.8 Å². The van der Waals surface area contributed by atoms with E-state index in [4.69, 9.17) is 0 Å². The zero-order chi connectivity index (χ0) is 14.7. The third-order valence-electron chi connectivity index (χ3n) is 3.50. The van der Waals surface area contributed by atoms with Crippen LogP contribution in [0.4, 0.5) is 5.69 Å². The molecule has 0 aromatic carbocycles. The lowest BCUT2D eigenvalue weighted by molar-refractivity contribution is -0.116. The zero-order valence-electron chi connectivity index (χ0n) is 12.5. The fourth-order valence-electron chi connectivity index (χ4n) is 2.24. The molecule has 108 valence electrons. The fraction of sp³-hybridized carbons (Fsp3) is 0.500. The minimum Gasteiger partial charge on any atom is -0.323 e. The lowest BCUT2D eigenvalue weighted by atomic mass is 10.1. The quantitative estimate of drug-likeness (QED) is 0.905. The van der Waals surface area contributed by atoms with E-state index in [1.54, 1.807) is 10.9 Å². The van der Waals surface area contributed by atoms with Crippen LogP contribution in [0.25, 0.3) is 0 Å². The van der Waals surface area contributed by atoms with Gasteiger partial charge in [-0.3, -0.25) is 14.2 Å². The molecule has 0 bridgehead atoms. The molecule has 1 N–H and O–H groups in total. The number of rotatable bonds is 5. The highest BCUT2D eigenvalue weighted by Crippen LogP contribution is 2.14. The number of carbonyl (C=O) groups excluding carboxylic acids is 1. The maximum atomic E-state index is 11.9. The van der Waals surface area contributed by atoms with E-state index < -0.39 is 0 Å². The topological polar surface area (TPSA) is 64.7 Å². The molecule has 0 atom stereocenters. The molecule has 2 aromatic rings. The zero-order valence-corrected chi connectivity index (χ0v) is 12.5. The summed E-state index contributed by atoms with van der Waals surface area (Å²) in [7, 11) is 1.92. The third kappa shape index (κ3) is 3.07. The molecule has 6 nitrogen and oxygen atoms in total. The van der Waals surface area contributed by atoms with Gasteiger partial charge in [0.15, 0.2) is 0 Å². The highest BCUT2D eigenvalue weighted by Gasteiger charge is 2.11. The minimum atomic E-state index is 0.00306. The van der Waals surface area contributed by atoms with Gasteiger partial charge < -0.3 is 5.32 Å². The molecule has 6 heteroatoms. The lowest BCUT2D eigenvalue weighted by Crippen LogP contribution is -2.12. The number of anilines is 1. The standard InChI is InChI=1S/C14H21N5O/c1-5-19-9-12(8-15-19)16-14(20)7-6-13-10(2)17-18(4)11(13)3/h8-9H,5-7H2,1-4H3,(H,16,20). The Bertz CT molecular complexity index is 611. The van der Waals surface area contributed by atoms with Crippen LogP contribution < -0.4 is 5.32 Å². The molecule has 0 fully saturated rings. The SMILES string of the molecule is CCn1cc(NC(=O)CCc2c(C)nn(C)c2C)cn1. The van der Waals surface area contributed by atoms with Gasteiger partial charge >= 0.3 is 0 Å². The number of nitrogens with one attached hydrogen (secondary N) is 1. The molecule has 0 aliphatic heterocycles. The first-order valence-corrected chi connectivity index (χ1v) is 6.82.